The first kappa shape index (κ1) is 12.6. The van der Waals surface area contributed by atoms with Crippen molar-refractivity contribution in [1.82, 2.24) is 9.80 Å². The zero-order valence-corrected chi connectivity index (χ0v) is 10.6. The average Bonchev–Trinajstić information content (AvgIpc) is 2.13. The maximum Gasteiger partial charge on any atom is 0.0211 e. The largest absolute Gasteiger partial charge is 0.249 e. The lowest BCUT2D eigenvalue weighted by atomic mass is 10.5. The molecule has 0 aromatic carbocycles. The van der Waals surface area contributed by atoms with Crippen LogP contribution in [0.1, 0.15) is 0 Å². The first-order valence-corrected chi connectivity index (χ1v) is 5.63. The molecule has 0 bridgehead atoms. The van der Waals surface area contributed by atoms with Crippen LogP contribution in [0, 0.1) is 0 Å². The Morgan fingerprint density at radius 1 is 0.667 bits per heavy atom. The molecule has 0 aromatic rings. The van der Waals surface area contributed by atoms with E-state index < -0.39 is 0 Å². The van der Waals surface area contributed by atoms with E-state index in [0.717, 1.165) is 13.1 Å². The Kier molecular flexibility index (Phi) is 8.62. The van der Waals surface area contributed by atoms with Crippen LogP contribution in [0.3, 0.4) is 0 Å². The molecule has 6 heteroatoms. The molecule has 0 heterocycles. The van der Waals surface area contributed by atoms with Crippen LogP contribution in [0.15, 0.2) is 0 Å². The smallest absolute Gasteiger partial charge is 0.0211 e. The first-order valence-electron chi connectivity index (χ1n) is 3.32. The van der Waals surface area contributed by atoms with Gasteiger partial charge in [0, 0.05) is 36.8 Å². The molecule has 0 N–H and O–H groups in total. The minimum atomic E-state index is 0.884. The maximum absolute atomic E-state index is 3.29. The fourth-order valence-electron chi connectivity index (χ4n) is 0.564. The molecule has 0 fully saturated rings. The highest BCUT2D eigenvalue weighted by atomic mass is 31.0. The standard InChI is InChI=1S/C6H12N2P4/c9-3-7(4-10)1-2-8(5-11)6-12/h3-6,9-12H,1-2H2. The third kappa shape index (κ3) is 5.28. The van der Waals surface area contributed by atoms with E-state index in [1.807, 2.05) is 33.5 Å². The van der Waals surface area contributed by atoms with Gasteiger partial charge in [-0.15, -0.1) is 35.5 Å². The van der Waals surface area contributed by atoms with Crippen molar-refractivity contribution in [2.75, 3.05) is 13.1 Å². The Morgan fingerprint density at radius 3 is 1.08 bits per heavy atom. The van der Waals surface area contributed by atoms with Crippen molar-refractivity contribution in [1.29, 1.82) is 0 Å². The molecule has 0 aromatic heterocycles. The second-order valence-electron chi connectivity index (χ2n) is 1.99. The molecule has 12 heavy (non-hydrogen) atoms. The van der Waals surface area contributed by atoms with E-state index in [0.29, 0.717) is 0 Å². The van der Waals surface area contributed by atoms with Gasteiger partial charge in [-0.2, -0.15) is 0 Å². The van der Waals surface area contributed by atoms with Gasteiger partial charge in [-0.3, -0.25) is 0 Å². The van der Waals surface area contributed by atoms with Crippen molar-refractivity contribution in [3.8, 4) is 0 Å². The van der Waals surface area contributed by atoms with Crippen molar-refractivity contribution in [2.45, 2.75) is 0 Å². The molecular weight excluding hydrogens is 224 g/mol. The highest BCUT2D eigenvalue weighted by Crippen LogP contribution is 1.86. The molecule has 0 rings (SSSR count). The lowest BCUT2D eigenvalue weighted by Crippen LogP contribution is -2.30. The molecule has 0 amide bonds. The second-order valence-corrected chi connectivity index (χ2v) is 3.02. The van der Waals surface area contributed by atoms with Crippen molar-refractivity contribution in [3.05, 3.63) is 0 Å². The van der Waals surface area contributed by atoms with Crippen LogP contribution in [-0.2, 0) is 0 Å². The van der Waals surface area contributed by atoms with Crippen LogP contribution in [0.25, 0.3) is 0 Å². The van der Waals surface area contributed by atoms with Gasteiger partial charge in [0.15, 0.2) is 0 Å². The summed E-state index contributed by atoms with van der Waals surface area (Å²) < 4.78 is 0. The Labute approximate surface area is 82.4 Å². The summed E-state index contributed by atoms with van der Waals surface area (Å²) in [6.07, 6.45) is 0. The molecule has 66 valence electrons. The molecule has 0 aliphatic carbocycles. The molecule has 0 aliphatic heterocycles. The van der Waals surface area contributed by atoms with Crippen LogP contribution in [0.2, 0.25) is 0 Å². The predicted molar refractivity (Wildman–Crippen MR) is 70.9 cm³/mol. The van der Waals surface area contributed by atoms with Crippen LogP contribution >= 0.6 is 35.5 Å². The van der Waals surface area contributed by atoms with Crippen LogP contribution in [0.5, 0.6) is 0 Å². The van der Waals surface area contributed by atoms with E-state index in [4.69, 9.17) is 0 Å². The summed E-state index contributed by atoms with van der Waals surface area (Å²) in [6.45, 7) is 1.77. The highest BCUT2D eigenvalue weighted by molar-refractivity contribution is 7.20. The molecule has 0 spiro atoms. The molecule has 0 unspecified atom stereocenters. The average molecular weight is 236 g/mol. The zero-order chi connectivity index (χ0) is 9.40. The summed E-state index contributed by atoms with van der Waals surface area (Å²) in [5.41, 5.74) is 0. The van der Waals surface area contributed by atoms with Crippen molar-refractivity contribution in [3.63, 3.8) is 0 Å². The molecule has 0 radical (unpaired) electrons. The van der Waals surface area contributed by atoms with Gasteiger partial charge in [0.05, 0.1) is 0 Å². The summed E-state index contributed by atoms with van der Waals surface area (Å²) in [4.78, 5) is 3.93. The monoisotopic (exact) mass is 236 g/mol. The summed E-state index contributed by atoms with van der Waals surface area (Å²) >= 11 is 0. The summed E-state index contributed by atoms with van der Waals surface area (Å²) in [5, 5.41) is 0. The van der Waals surface area contributed by atoms with Crippen molar-refractivity contribution >= 4 is 59.1 Å². The lowest BCUT2D eigenvalue weighted by Gasteiger charge is -2.15. The number of hydrogen-bond donors (Lipinski definition) is 0. The summed E-state index contributed by atoms with van der Waals surface area (Å²) in [6, 6.07) is 0. The van der Waals surface area contributed by atoms with Crippen molar-refractivity contribution in [2.24, 2.45) is 0 Å². The SMILES string of the molecule is P=CN(C=P)CCN(C=P)C=P. The summed E-state index contributed by atoms with van der Waals surface area (Å²) in [7, 11) is 13.2. The fraction of sp³-hybridized carbons (Fsp3) is 0.333. The van der Waals surface area contributed by atoms with Gasteiger partial charge in [0.1, 0.15) is 0 Å². The Hall–Kier alpha value is 0.600. The fourth-order valence-corrected chi connectivity index (χ4v) is 1.68. The van der Waals surface area contributed by atoms with Gasteiger partial charge in [-0.1, -0.05) is 0 Å². The highest BCUT2D eigenvalue weighted by Gasteiger charge is 1.97. The lowest BCUT2D eigenvalue weighted by molar-refractivity contribution is 0.551. The van der Waals surface area contributed by atoms with Crippen molar-refractivity contribution < 1.29 is 0 Å². The molecular formula is C6H12N2P4. The van der Waals surface area contributed by atoms with E-state index in [9.17, 15) is 0 Å². The van der Waals surface area contributed by atoms with Crippen LogP contribution in [-0.4, -0.2) is 46.6 Å². The molecule has 0 saturated carbocycles. The Bertz CT molecular complexity index is 146. The normalized spacial score (nSPS) is 9.83. The maximum atomic E-state index is 3.29. The third-order valence-corrected chi connectivity index (χ3v) is 2.61. The van der Waals surface area contributed by atoms with Gasteiger partial charge in [-0.05, 0) is 0 Å². The Morgan fingerprint density at radius 2 is 0.917 bits per heavy atom. The number of rotatable bonds is 7. The van der Waals surface area contributed by atoms with E-state index in [-0.39, 0.29) is 0 Å². The van der Waals surface area contributed by atoms with E-state index >= 15 is 0 Å². The van der Waals surface area contributed by atoms with E-state index in [2.05, 4.69) is 35.5 Å². The van der Waals surface area contributed by atoms with Crippen LogP contribution < -0.4 is 0 Å². The van der Waals surface area contributed by atoms with Gasteiger partial charge in [0.2, 0.25) is 0 Å². The van der Waals surface area contributed by atoms with E-state index in [1.165, 1.54) is 0 Å². The zero-order valence-electron chi connectivity index (χ0n) is 6.62. The predicted octanol–water partition coefficient (Wildman–Crippen LogP) is 1.20. The minimum Gasteiger partial charge on any atom is -0.249 e. The number of nitrogens with zero attached hydrogens (tertiary/aromatic N) is 2. The van der Waals surface area contributed by atoms with E-state index in [1.54, 1.807) is 0 Å². The third-order valence-electron chi connectivity index (χ3n) is 1.28. The van der Waals surface area contributed by atoms with Crippen LogP contribution in [0.4, 0.5) is 0 Å². The van der Waals surface area contributed by atoms with Gasteiger partial charge in [0.25, 0.3) is 0 Å². The topological polar surface area (TPSA) is 6.48 Å². The Balaban J connectivity index is 3.77. The van der Waals surface area contributed by atoms with Gasteiger partial charge >= 0.3 is 0 Å². The van der Waals surface area contributed by atoms with Gasteiger partial charge in [-0.25, -0.2) is 9.80 Å². The molecule has 2 nitrogen and oxygen atoms in total. The second kappa shape index (κ2) is 8.21. The minimum absolute atomic E-state index is 0.884. The molecule has 0 saturated heterocycles. The summed E-state index contributed by atoms with van der Waals surface area (Å²) in [5.74, 6) is 7.25. The molecule has 0 aliphatic rings. The molecule has 0 atom stereocenters. The quantitative estimate of drug-likeness (QED) is 0.613. The first-order chi connectivity index (χ1) is 5.78. The number of hydrogen-bond acceptors (Lipinski definition) is 0. The van der Waals surface area contributed by atoms with Gasteiger partial charge < -0.3 is 0 Å².